The summed E-state index contributed by atoms with van der Waals surface area (Å²) in [5.74, 6) is 0.674. The standard InChI is InChI=1S/C15H19N3O2S/c1-10-2-5-15(6-3-10,14(19)20)8-16-13-12-11(4-7-21-12)17-9-18-13/h4,7,9-10H,2-3,5-6,8H2,1H3,(H,19,20)(H,16,17,18). The van der Waals surface area contributed by atoms with Gasteiger partial charge in [-0.3, -0.25) is 4.79 Å². The fourth-order valence-electron chi connectivity index (χ4n) is 2.95. The van der Waals surface area contributed by atoms with E-state index in [9.17, 15) is 9.90 Å². The predicted octanol–water partition coefficient (Wildman–Crippen LogP) is 3.38. The van der Waals surface area contributed by atoms with E-state index in [4.69, 9.17) is 0 Å². The molecule has 1 aliphatic rings. The smallest absolute Gasteiger partial charge is 0.311 e. The second kappa shape index (κ2) is 5.60. The number of aliphatic carboxylic acids is 1. The summed E-state index contributed by atoms with van der Waals surface area (Å²) in [5.41, 5.74) is 0.236. The molecule has 2 heterocycles. The zero-order valence-electron chi connectivity index (χ0n) is 12.0. The van der Waals surface area contributed by atoms with Crippen LogP contribution in [0.1, 0.15) is 32.6 Å². The SMILES string of the molecule is CC1CCC(CNc2ncnc3ccsc23)(C(=O)O)CC1. The molecule has 3 rings (SSSR count). The van der Waals surface area contributed by atoms with E-state index in [0.717, 1.165) is 41.7 Å². The molecule has 0 bridgehead atoms. The van der Waals surface area contributed by atoms with Gasteiger partial charge in [0.05, 0.1) is 15.6 Å². The van der Waals surface area contributed by atoms with Gasteiger partial charge in [0.15, 0.2) is 0 Å². The van der Waals surface area contributed by atoms with Crippen LogP contribution in [0.4, 0.5) is 5.82 Å². The maximum atomic E-state index is 11.7. The highest BCUT2D eigenvalue weighted by molar-refractivity contribution is 7.17. The molecule has 6 heteroatoms. The normalized spacial score (nSPS) is 25.9. The van der Waals surface area contributed by atoms with Gasteiger partial charge in [0.1, 0.15) is 12.1 Å². The fraction of sp³-hybridized carbons (Fsp3) is 0.533. The van der Waals surface area contributed by atoms with Gasteiger partial charge >= 0.3 is 5.97 Å². The van der Waals surface area contributed by atoms with Gasteiger partial charge in [-0.2, -0.15) is 0 Å². The molecule has 1 aliphatic carbocycles. The minimum atomic E-state index is -0.696. The van der Waals surface area contributed by atoms with Gasteiger partial charge in [-0.05, 0) is 43.0 Å². The lowest BCUT2D eigenvalue weighted by atomic mass is 9.71. The number of hydrogen-bond acceptors (Lipinski definition) is 5. The van der Waals surface area contributed by atoms with Crippen molar-refractivity contribution in [3.8, 4) is 0 Å². The minimum absolute atomic E-state index is 0.430. The highest BCUT2D eigenvalue weighted by Crippen LogP contribution is 2.39. The number of carboxylic acids is 1. The van der Waals surface area contributed by atoms with Crippen LogP contribution in [-0.4, -0.2) is 27.6 Å². The van der Waals surface area contributed by atoms with E-state index in [1.807, 2.05) is 11.4 Å². The largest absolute Gasteiger partial charge is 0.481 e. The quantitative estimate of drug-likeness (QED) is 0.905. The Hall–Kier alpha value is -1.69. The molecule has 112 valence electrons. The Balaban J connectivity index is 1.78. The van der Waals surface area contributed by atoms with Crippen LogP contribution >= 0.6 is 11.3 Å². The molecule has 1 saturated carbocycles. The summed E-state index contributed by atoms with van der Waals surface area (Å²) in [6, 6.07) is 1.95. The number of hydrogen-bond donors (Lipinski definition) is 2. The highest BCUT2D eigenvalue weighted by Gasteiger charge is 2.41. The lowest BCUT2D eigenvalue weighted by molar-refractivity contribution is -0.150. The van der Waals surface area contributed by atoms with E-state index in [-0.39, 0.29) is 0 Å². The molecular weight excluding hydrogens is 286 g/mol. The minimum Gasteiger partial charge on any atom is -0.481 e. The van der Waals surface area contributed by atoms with Crippen LogP contribution in [0, 0.1) is 11.3 Å². The van der Waals surface area contributed by atoms with Gasteiger partial charge in [0.2, 0.25) is 0 Å². The number of fused-ring (bicyclic) bond motifs is 1. The number of thiophene rings is 1. The van der Waals surface area contributed by atoms with Crippen molar-refractivity contribution in [3.63, 3.8) is 0 Å². The molecule has 0 saturated heterocycles. The molecule has 2 aromatic heterocycles. The molecule has 0 atom stereocenters. The molecule has 0 aromatic carbocycles. The van der Waals surface area contributed by atoms with Crippen molar-refractivity contribution in [3.05, 3.63) is 17.8 Å². The Labute approximate surface area is 127 Å². The fourth-order valence-corrected chi connectivity index (χ4v) is 3.76. The number of nitrogens with zero attached hydrogens (tertiary/aromatic N) is 2. The van der Waals surface area contributed by atoms with E-state index in [2.05, 4.69) is 22.2 Å². The topological polar surface area (TPSA) is 75.1 Å². The maximum absolute atomic E-state index is 11.7. The summed E-state index contributed by atoms with van der Waals surface area (Å²) >= 11 is 1.57. The summed E-state index contributed by atoms with van der Waals surface area (Å²) in [6.07, 6.45) is 4.94. The highest BCUT2D eigenvalue weighted by atomic mass is 32.1. The lowest BCUT2D eigenvalue weighted by Gasteiger charge is -2.36. The van der Waals surface area contributed by atoms with E-state index < -0.39 is 11.4 Å². The van der Waals surface area contributed by atoms with Gasteiger partial charge in [-0.15, -0.1) is 11.3 Å². The molecule has 21 heavy (non-hydrogen) atoms. The molecule has 0 spiro atoms. The summed E-state index contributed by atoms with van der Waals surface area (Å²) < 4.78 is 0.988. The van der Waals surface area contributed by atoms with Crippen molar-refractivity contribution in [1.82, 2.24) is 9.97 Å². The Kier molecular flexibility index (Phi) is 3.80. The van der Waals surface area contributed by atoms with Gasteiger partial charge in [-0.1, -0.05) is 6.92 Å². The number of aromatic nitrogens is 2. The van der Waals surface area contributed by atoms with Crippen LogP contribution in [-0.2, 0) is 4.79 Å². The van der Waals surface area contributed by atoms with Crippen molar-refractivity contribution in [2.24, 2.45) is 11.3 Å². The van der Waals surface area contributed by atoms with Crippen LogP contribution in [0.5, 0.6) is 0 Å². The first-order chi connectivity index (χ1) is 10.1. The molecule has 5 nitrogen and oxygen atoms in total. The number of anilines is 1. The van der Waals surface area contributed by atoms with Crippen LogP contribution in [0.2, 0.25) is 0 Å². The van der Waals surface area contributed by atoms with E-state index in [1.54, 1.807) is 11.3 Å². The van der Waals surface area contributed by atoms with Gasteiger partial charge < -0.3 is 10.4 Å². The lowest BCUT2D eigenvalue weighted by Crippen LogP contribution is -2.41. The van der Waals surface area contributed by atoms with Gasteiger partial charge in [-0.25, -0.2) is 9.97 Å². The van der Waals surface area contributed by atoms with Crippen LogP contribution in [0.3, 0.4) is 0 Å². The second-order valence-corrected chi connectivity index (χ2v) is 6.89. The third-order valence-corrected chi connectivity index (χ3v) is 5.43. The summed E-state index contributed by atoms with van der Waals surface area (Å²) in [4.78, 5) is 20.2. The Bertz CT molecular complexity index is 647. The van der Waals surface area contributed by atoms with Crippen LogP contribution < -0.4 is 5.32 Å². The molecule has 2 N–H and O–H groups in total. The van der Waals surface area contributed by atoms with E-state index >= 15 is 0 Å². The van der Waals surface area contributed by atoms with E-state index in [0.29, 0.717) is 12.5 Å². The third kappa shape index (κ3) is 2.72. The first-order valence-electron chi connectivity index (χ1n) is 7.26. The summed E-state index contributed by atoms with van der Waals surface area (Å²) in [5, 5.41) is 14.9. The number of nitrogens with one attached hydrogen (secondary N) is 1. The van der Waals surface area contributed by atoms with E-state index in [1.165, 1.54) is 6.33 Å². The zero-order chi connectivity index (χ0) is 14.9. The monoisotopic (exact) mass is 305 g/mol. The number of rotatable bonds is 4. The molecular formula is C15H19N3O2S. The Morgan fingerprint density at radius 2 is 2.24 bits per heavy atom. The summed E-state index contributed by atoms with van der Waals surface area (Å²) in [6.45, 7) is 2.62. The number of carboxylic acid groups (broad SMARTS) is 1. The zero-order valence-corrected chi connectivity index (χ0v) is 12.8. The molecule has 0 unspecified atom stereocenters. The van der Waals surface area contributed by atoms with Crippen LogP contribution in [0.25, 0.3) is 10.2 Å². The Morgan fingerprint density at radius 1 is 1.48 bits per heavy atom. The van der Waals surface area contributed by atoms with Crippen molar-refractivity contribution in [2.45, 2.75) is 32.6 Å². The predicted molar refractivity (Wildman–Crippen MR) is 83.6 cm³/mol. The first kappa shape index (κ1) is 14.3. The number of carbonyl (C=O) groups is 1. The molecule has 1 fully saturated rings. The van der Waals surface area contributed by atoms with Crippen LogP contribution in [0.15, 0.2) is 17.8 Å². The maximum Gasteiger partial charge on any atom is 0.311 e. The van der Waals surface area contributed by atoms with Crippen molar-refractivity contribution < 1.29 is 9.90 Å². The van der Waals surface area contributed by atoms with Gasteiger partial charge in [0, 0.05) is 6.54 Å². The molecule has 0 aliphatic heterocycles. The van der Waals surface area contributed by atoms with Crippen molar-refractivity contribution >= 4 is 33.3 Å². The van der Waals surface area contributed by atoms with Crippen molar-refractivity contribution in [2.75, 3.05) is 11.9 Å². The summed E-state index contributed by atoms with van der Waals surface area (Å²) in [7, 11) is 0. The van der Waals surface area contributed by atoms with Gasteiger partial charge in [0.25, 0.3) is 0 Å². The molecule has 0 amide bonds. The molecule has 2 aromatic rings. The third-order valence-electron chi connectivity index (χ3n) is 4.52. The molecule has 0 radical (unpaired) electrons. The average Bonchev–Trinajstić information content (AvgIpc) is 2.96. The van der Waals surface area contributed by atoms with Crippen molar-refractivity contribution in [1.29, 1.82) is 0 Å². The second-order valence-electron chi connectivity index (χ2n) is 5.98. The average molecular weight is 305 g/mol. The Morgan fingerprint density at radius 3 is 2.95 bits per heavy atom. The first-order valence-corrected chi connectivity index (χ1v) is 8.14.